The lowest BCUT2D eigenvalue weighted by atomic mass is 10.0. The summed E-state index contributed by atoms with van der Waals surface area (Å²) in [6, 6.07) is 7.79. The van der Waals surface area contributed by atoms with Crippen LogP contribution in [0.1, 0.15) is 11.5 Å². The van der Waals surface area contributed by atoms with E-state index in [0.29, 0.717) is 6.61 Å². The molecule has 1 atom stereocenters. The van der Waals surface area contributed by atoms with Gasteiger partial charge in [-0.2, -0.15) is 4.89 Å². The van der Waals surface area contributed by atoms with E-state index in [0.717, 1.165) is 11.3 Å². The predicted molar refractivity (Wildman–Crippen MR) is 41.1 cm³/mol. The molecule has 0 saturated heterocycles. The van der Waals surface area contributed by atoms with Crippen LogP contribution in [0.3, 0.4) is 0 Å². The van der Waals surface area contributed by atoms with Gasteiger partial charge < -0.3 is 4.89 Å². The quantitative estimate of drug-likeness (QED) is 0.525. The maximum Gasteiger partial charge on any atom is 0.168 e. The Balaban J connectivity index is 2.44. The van der Waals surface area contributed by atoms with Crippen molar-refractivity contribution < 1.29 is 9.78 Å². The minimum atomic E-state index is 0.194. The van der Waals surface area contributed by atoms with Crippen LogP contribution in [0.2, 0.25) is 0 Å². The van der Waals surface area contributed by atoms with Crippen LogP contribution in [0.15, 0.2) is 24.3 Å². The first-order valence-corrected chi connectivity index (χ1v) is 3.59. The first-order valence-electron chi connectivity index (χ1n) is 3.59. The van der Waals surface area contributed by atoms with Crippen LogP contribution in [0.4, 0.5) is 0 Å². The summed E-state index contributed by atoms with van der Waals surface area (Å²) in [5, 5.41) is 0. The zero-order valence-corrected chi connectivity index (χ0v) is 6.12. The van der Waals surface area contributed by atoms with E-state index in [9.17, 15) is 0 Å². The van der Waals surface area contributed by atoms with Gasteiger partial charge in [0.25, 0.3) is 0 Å². The molecule has 0 saturated carbocycles. The number of hydrogen-bond donors (Lipinski definition) is 0. The Morgan fingerprint density at radius 3 is 3.00 bits per heavy atom. The second-order valence-corrected chi connectivity index (χ2v) is 2.60. The molecule has 1 aliphatic heterocycles. The minimum Gasteiger partial charge on any atom is -0.337 e. The zero-order valence-electron chi connectivity index (χ0n) is 6.12. The fraction of sp³-hybridized carbons (Fsp3) is 0.222. The Morgan fingerprint density at radius 2 is 2.18 bits per heavy atom. The van der Waals surface area contributed by atoms with Crippen molar-refractivity contribution in [3.05, 3.63) is 36.8 Å². The molecule has 0 aliphatic carbocycles. The molecule has 1 unspecified atom stereocenters. The largest absolute Gasteiger partial charge is 0.337 e. The van der Waals surface area contributed by atoms with Crippen LogP contribution >= 0.6 is 0 Å². The first-order chi connectivity index (χ1) is 5.38. The van der Waals surface area contributed by atoms with E-state index in [1.165, 1.54) is 0 Å². The summed E-state index contributed by atoms with van der Waals surface area (Å²) in [5.41, 5.74) is 1.12. The second-order valence-electron chi connectivity index (χ2n) is 2.60. The van der Waals surface area contributed by atoms with E-state index < -0.39 is 0 Å². The van der Waals surface area contributed by atoms with E-state index >= 15 is 0 Å². The van der Waals surface area contributed by atoms with Gasteiger partial charge in [0.05, 0.1) is 0 Å². The average Bonchev–Trinajstić information content (AvgIpc) is 2.06. The molecular weight excluding hydrogens is 140 g/mol. The van der Waals surface area contributed by atoms with Gasteiger partial charge in [0.2, 0.25) is 0 Å². The van der Waals surface area contributed by atoms with Crippen molar-refractivity contribution in [2.75, 3.05) is 6.61 Å². The summed E-state index contributed by atoms with van der Waals surface area (Å²) in [4.78, 5) is 9.80. The van der Waals surface area contributed by atoms with Crippen molar-refractivity contribution in [2.24, 2.45) is 0 Å². The highest BCUT2D eigenvalue weighted by Gasteiger charge is 2.17. The van der Waals surface area contributed by atoms with Gasteiger partial charge in [0.1, 0.15) is 6.61 Å². The molecule has 0 N–H and O–H groups in total. The van der Waals surface area contributed by atoms with E-state index in [1.54, 1.807) is 0 Å². The van der Waals surface area contributed by atoms with Gasteiger partial charge in [0, 0.05) is 11.5 Å². The topological polar surface area (TPSA) is 18.5 Å². The lowest BCUT2D eigenvalue weighted by Crippen LogP contribution is -2.14. The Kier molecular flexibility index (Phi) is 1.55. The summed E-state index contributed by atoms with van der Waals surface area (Å²) in [6.45, 7) is 4.47. The summed E-state index contributed by atoms with van der Waals surface area (Å²) >= 11 is 0. The Bertz CT molecular complexity index is 257. The normalized spacial score (nSPS) is 22.1. The van der Waals surface area contributed by atoms with Crippen molar-refractivity contribution >= 4 is 0 Å². The molecule has 2 nitrogen and oxygen atoms in total. The molecule has 0 aromatic heterocycles. The average molecular weight is 149 g/mol. The van der Waals surface area contributed by atoms with Crippen LogP contribution in [0, 0.1) is 6.92 Å². The molecule has 57 valence electrons. The standard InChI is InChI=1S/C9H9O2/c1-7-6-10-11-9-5-3-2-4-8(7)9/h2-5,7H,1,6H2. The molecule has 0 amide bonds. The van der Waals surface area contributed by atoms with Gasteiger partial charge in [-0.3, -0.25) is 0 Å². The lowest BCUT2D eigenvalue weighted by Gasteiger charge is -2.20. The van der Waals surface area contributed by atoms with E-state index in [2.05, 4.69) is 6.92 Å². The highest BCUT2D eigenvalue weighted by molar-refractivity contribution is 5.37. The number of benzene rings is 1. The van der Waals surface area contributed by atoms with Gasteiger partial charge in [-0.15, -0.1) is 0 Å². The lowest BCUT2D eigenvalue weighted by molar-refractivity contribution is -0.218. The molecule has 0 bridgehead atoms. The number of fused-ring (bicyclic) bond motifs is 1. The molecule has 1 aliphatic rings. The number of hydrogen-bond acceptors (Lipinski definition) is 2. The smallest absolute Gasteiger partial charge is 0.168 e. The summed E-state index contributed by atoms with van der Waals surface area (Å²) in [7, 11) is 0. The van der Waals surface area contributed by atoms with Crippen molar-refractivity contribution in [3.63, 3.8) is 0 Å². The van der Waals surface area contributed by atoms with E-state index in [4.69, 9.17) is 9.78 Å². The molecule has 0 spiro atoms. The fourth-order valence-electron chi connectivity index (χ4n) is 1.16. The number of para-hydroxylation sites is 1. The van der Waals surface area contributed by atoms with E-state index in [-0.39, 0.29) is 5.92 Å². The summed E-state index contributed by atoms with van der Waals surface area (Å²) in [6.07, 6.45) is 0. The fourth-order valence-corrected chi connectivity index (χ4v) is 1.16. The van der Waals surface area contributed by atoms with Crippen LogP contribution in [-0.2, 0) is 4.89 Å². The third-order valence-electron chi connectivity index (χ3n) is 1.78. The monoisotopic (exact) mass is 149 g/mol. The third-order valence-corrected chi connectivity index (χ3v) is 1.78. The Morgan fingerprint density at radius 1 is 1.36 bits per heavy atom. The van der Waals surface area contributed by atoms with Gasteiger partial charge in [-0.25, -0.2) is 0 Å². The minimum absolute atomic E-state index is 0.194. The van der Waals surface area contributed by atoms with Crippen molar-refractivity contribution in [1.29, 1.82) is 0 Å². The third kappa shape index (κ3) is 1.10. The van der Waals surface area contributed by atoms with Gasteiger partial charge >= 0.3 is 0 Å². The van der Waals surface area contributed by atoms with Crippen LogP contribution in [0.25, 0.3) is 0 Å². The SMILES string of the molecule is [CH2]C1COOc2ccccc21. The molecule has 1 heterocycles. The van der Waals surface area contributed by atoms with Gasteiger partial charge in [0.15, 0.2) is 5.75 Å². The Hall–Kier alpha value is -1.02. The van der Waals surface area contributed by atoms with Crippen molar-refractivity contribution in [1.82, 2.24) is 0 Å². The van der Waals surface area contributed by atoms with Crippen LogP contribution in [-0.4, -0.2) is 6.61 Å². The highest BCUT2D eigenvalue weighted by Crippen LogP contribution is 2.29. The summed E-state index contributed by atoms with van der Waals surface area (Å²) in [5.74, 6) is 0.985. The zero-order chi connectivity index (χ0) is 7.68. The molecule has 1 aromatic carbocycles. The first kappa shape index (κ1) is 6.68. The highest BCUT2D eigenvalue weighted by atomic mass is 17.2. The molecule has 11 heavy (non-hydrogen) atoms. The second kappa shape index (κ2) is 2.55. The summed E-state index contributed by atoms with van der Waals surface area (Å²) < 4.78 is 0. The van der Waals surface area contributed by atoms with Crippen molar-refractivity contribution in [2.45, 2.75) is 5.92 Å². The molecular formula is C9H9O2. The molecule has 1 radical (unpaired) electrons. The molecule has 2 heteroatoms. The molecule has 1 aromatic rings. The number of rotatable bonds is 0. The molecule has 2 rings (SSSR count). The predicted octanol–water partition coefficient (Wildman–Crippen LogP) is 1.93. The van der Waals surface area contributed by atoms with Gasteiger partial charge in [-0.05, 0) is 13.0 Å². The van der Waals surface area contributed by atoms with Crippen LogP contribution in [0.5, 0.6) is 5.75 Å². The maximum absolute atomic E-state index is 4.95. The Labute approximate surface area is 65.7 Å². The van der Waals surface area contributed by atoms with Crippen LogP contribution < -0.4 is 4.89 Å². The van der Waals surface area contributed by atoms with Crippen molar-refractivity contribution in [3.8, 4) is 5.75 Å². The van der Waals surface area contributed by atoms with Gasteiger partial charge in [-0.1, -0.05) is 18.2 Å². The molecule has 0 fully saturated rings. The van der Waals surface area contributed by atoms with E-state index in [1.807, 2.05) is 24.3 Å². The maximum atomic E-state index is 4.95.